The molecule has 0 bridgehead atoms. The summed E-state index contributed by atoms with van der Waals surface area (Å²) < 4.78 is 0. The first-order chi connectivity index (χ1) is 10.0. The minimum atomic E-state index is -0.0636. The largest absolute Gasteiger partial charge is 0.397 e. The molecule has 1 atom stereocenters. The number of imidazole rings is 1. The topological polar surface area (TPSA) is 87.0 Å². The zero-order chi connectivity index (χ0) is 15.4. The van der Waals surface area contributed by atoms with Crippen molar-refractivity contribution in [3.63, 3.8) is 0 Å². The molecule has 1 unspecified atom stereocenters. The van der Waals surface area contributed by atoms with Crippen LogP contribution in [0.2, 0.25) is 0 Å². The molecule has 0 aliphatic heterocycles. The molecule has 1 aromatic heterocycles. The highest BCUT2D eigenvalue weighted by Crippen LogP contribution is 2.26. The van der Waals surface area contributed by atoms with E-state index in [9.17, 15) is 4.79 Å². The summed E-state index contributed by atoms with van der Waals surface area (Å²) in [5.41, 5.74) is 7.98. The summed E-state index contributed by atoms with van der Waals surface area (Å²) in [6.07, 6.45) is 4.38. The van der Waals surface area contributed by atoms with Crippen LogP contribution >= 0.6 is 0 Å². The number of hydrogen-bond donors (Lipinski definition) is 3. The van der Waals surface area contributed by atoms with Crippen LogP contribution in [0.1, 0.15) is 35.6 Å². The fraction of sp³-hybridized carbons (Fsp3) is 0.333. The van der Waals surface area contributed by atoms with E-state index < -0.39 is 0 Å². The van der Waals surface area contributed by atoms with Crippen LogP contribution in [0.5, 0.6) is 0 Å². The molecule has 0 fully saturated rings. The third kappa shape index (κ3) is 3.34. The van der Waals surface area contributed by atoms with E-state index in [0.29, 0.717) is 11.3 Å². The molecule has 6 heteroatoms. The molecule has 21 heavy (non-hydrogen) atoms. The lowest BCUT2D eigenvalue weighted by Gasteiger charge is -2.18. The first-order valence-electron chi connectivity index (χ1n) is 6.90. The SMILES string of the molecule is CCC(Nc1ccc(C(=O)N(C)C)cc1N)c1ncc[nH]1. The van der Waals surface area contributed by atoms with Gasteiger partial charge in [0.25, 0.3) is 5.91 Å². The zero-order valence-electron chi connectivity index (χ0n) is 12.6. The maximum Gasteiger partial charge on any atom is 0.253 e. The van der Waals surface area contributed by atoms with Crippen molar-refractivity contribution in [2.45, 2.75) is 19.4 Å². The smallest absolute Gasteiger partial charge is 0.253 e. The second kappa shape index (κ2) is 6.30. The Bertz CT molecular complexity index is 607. The molecule has 2 aromatic rings. The number of H-pyrrole nitrogens is 1. The number of nitrogens with two attached hydrogens (primary N) is 1. The number of nitrogen functional groups attached to an aromatic ring is 1. The summed E-state index contributed by atoms with van der Waals surface area (Å²) in [4.78, 5) is 20.8. The fourth-order valence-corrected chi connectivity index (χ4v) is 2.10. The number of benzene rings is 1. The molecule has 1 amide bonds. The predicted octanol–water partition coefficient (Wildman–Crippen LogP) is 2.26. The molecule has 1 aromatic carbocycles. The molecule has 112 valence electrons. The minimum Gasteiger partial charge on any atom is -0.397 e. The van der Waals surface area contributed by atoms with Crippen LogP contribution in [-0.2, 0) is 0 Å². The average Bonchev–Trinajstić information content (AvgIpc) is 2.99. The lowest BCUT2D eigenvalue weighted by atomic mass is 10.1. The number of carbonyl (C=O) groups is 1. The molecule has 0 spiro atoms. The molecule has 0 aliphatic carbocycles. The number of nitrogens with one attached hydrogen (secondary N) is 2. The van der Waals surface area contributed by atoms with Gasteiger partial charge in [-0.3, -0.25) is 4.79 Å². The highest BCUT2D eigenvalue weighted by Gasteiger charge is 2.14. The van der Waals surface area contributed by atoms with Crippen molar-refractivity contribution in [1.29, 1.82) is 0 Å². The Kier molecular flexibility index (Phi) is 4.47. The van der Waals surface area contributed by atoms with Gasteiger partial charge in [0, 0.05) is 32.1 Å². The molecule has 2 rings (SSSR count). The Morgan fingerprint density at radius 3 is 2.76 bits per heavy atom. The normalized spacial score (nSPS) is 12.0. The number of carbonyl (C=O) groups excluding carboxylic acids is 1. The van der Waals surface area contributed by atoms with E-state index in [4.69, 9.17) is 5.73 Å². The molecule has 0 saturated carbocycles. The Hall–Kier alpha value is -2.50. The maximum absolute atomic E-state index is 11.9. The van der Waals surface area contributed by atoms with E-state index >= 15 is 0 Å². The van der Waals surface area contributed by atoms with Crippen molar-refractivity contribution in [3.05, 3.63) is 42.0 Å². The number of nitrogens with zero attached hydrogens (tertiary/aromatic N) is 2. The molecular formula is C15H21N5O. The van der Waals surface area contributed by atoms with Gasteiger partial charge in [-0.15, -0.1) is 0 Å². The second-order valence-electron chi connectivity index (χ2n) is 5.08. The van der Waals surface area contributed by atoms with Crippen molar-refractivity contribution in [3.8, 4) is 0 Å². The highest BCUT2D eigenvalue weighted by molar-refractivity contribution is 5.95. The van der Waals surface area contributed by atoms with E-state index in [1.807, 2.05) is 6.07 Å². The number of hydrogen-bond acceptors (Lipinski definition) is 4. The molecular weight excluding hydrogens is 266 g/mol. The van der Waals surface area contributed by atoms with Gasteiger partial charge in [-0.05, 0) is 24.6 Å². The molecule has 6 nitrogen and oxygen atoms in total. The molecule has 1 heterocycles. The Morgan fingerprint density at radius 1 is 1.48 bits per heavy atom. The van der Waals surface area contributed by atoms with Crippen LogP contribution in [-0.4, -0.2) is 34.9 Å². The molecule has 4 N–H and O–H groups in total. The summed E-state index contributed by atoms with van der Waals surface area (Å²) >= 11 is 0. The zero-order valence-corrected chi connectivity index (χ0v) is 12.6. The number of amides is 1. The van der Waals surface area contributed by atoms with Gasteiger partial charge >= 0.3 is 0 Å². The Labute approximate surface area is 124 Å². The standard InChI is InChI=1S/C15H21N5O/c1-4-12(14-17-7-8-18-14)19-13-6-5-10(9-11(13)16)15(21)20(2)3/h5-9,12,19H,4,16H2,1-3H3,(H,17,18). The van der Waals surface area contributed by atoms with Crippen LogP contribution in [0.4, 0.5) is 11.4 Å². The number of aromatic nitrogens is 2. The van der Waals surface area contributed by atoms with E-state index in [2.05, 4.69) is 22.2 Å². The number of aromatic amines is 1. The van der Waals surface area contributed by atoms with E-state index in [-0.39, 0.29) is 11.9 Å². The summed E-state index contributed by atoms with van der Waals surface area (Å²) in [5, 5.41) is 3.35. The number of rotatable bonds is 5. The summed E-state index contributed by atoms with van der Waals surface area (Å²) in [6, 6.07) is 5.35. The summed E-state index contributed by atoms with van der Waals surface area (Å²) in [6.45, 7) is 2.07. The summed E-state index contributed by atoms with van der Waals surface area (Å²) in [5.74, 6) is 0.802. The van der Waals surface area contributed by atoms with Gasteiger partial charge in [-0.2, -0.15) is 0 Å². The lowest BCUT2D eigenvalue weighted by molar-refractivity contribution is 0.0827. The van der Waals surface area contributed by atoms with Crippen molar-refractivity contribution in [1.82, 2.24) is 14.9 Å². The quantitative estimate of drug-likeness (QED) is 0.736. The Morgan fingerprint density at radius 2 is 2.24 bits per heavy atom. The van der Waals surface area contributed by atoms with Crippen LogP contribution in [0.3, 0.4) is 0 Å². The van der Waals surface area contributed by atoms with Gasteiger partial charge in [0.05, 0.1) is 17.4 Å². The van der Waals surface area contributed by atoms with Crippen LogP contribution in [0.15, 0.2) is 30.6 Å². The third-order valence-corrected chi connectivity index (χ3v) is 3.29. The monoisotopic (exact) mass is 287 g/mol. The third-order valence-electron chi connectivity index (χ3n) is 3.29. The number of anilines is 2. The predicted molar refractivity (Wildman–Crippen MR) is 84.1 cm³/mol. The molecule has 0 aliphatic rings. The second-order valence-corrected chi connectivity index (χ2v) is 5.08. The van der Waals surface area contributed by atoms with E-state index in [0.717, 1.165) is 17.9 Å². The van der Waals surface area contributed by atoms with Gasteiger partial charge in [0.15, 0.2) is 0 Å². The highest BCUT2D eigenvalue weighted by atomic mass is 16.2. The summed E-state index contributed by atoms with van der Waals surface area (Å²) in [7, 11) is 3.43. The van der Waals surface area contributed by atoms with Crippen molar-refractivity contribution in [2.24, 2.45) is 0 Å². The average molecular weight is 287 g/mol. The van der Waals surface area contributed by atoms with Crippen molar-refractivity contribution < 1.29 is 4.79 Å². The van der Waals surface area contributed by atoms with Gasteiger partial charge in [0.1, 0.15) is 5.82 Å². The fourth-order valence-electron chi connectivity index (χ4n) is 2.10. The van der Waals surface area contributed by atoms with Crippen LogP contribution in [0.25, 0.3) is 0 Å². The first kappa shape index (κ1) is 14.9. The van der Waals surface area contributed by atoms with Crippen molar-refractivity contribution in [2.75, 3.05) is 25.1 Å². The van der Waals surface area contributed by atoms with Gasteiger partial charge in [0.2, 0.25) is 0 Å². The first-order valence-corrected chi connectivity index (χ1v) is 6.90. The van der Waals surface area contributed by atoms with Gasteiger partial charge in [-0.1, -0.05) is 6.92 Å². The van der Waals surface area contributed by atoms with Crippen LogP contribution < -0.4 is 11.1 Å². The molecule has 0 saturated heterocycles. The Balaban J connectivity index is 2.19. The van der Waals surface area contributed by atoms with Gasteiger partial charge < -0.3 is 20.9 Å². The van der Waals surface area contributed by atoms with E-state index in [1.165, 1.54) is 4.90 Å². The molecule has 0 radical (unpaired) electrons. The van der Waals surface area contributed by atoms with E-state index in [1.54, 1.807) is 38.6 Å². The van der Waals surface area contributed by atoms with Crippen molar-refractivity contribution >= 4 is 17.3 Å². The van der Waals surface area contributed by atoms with Crippen LogP contribution in [0, 0.1) is 0 Å². The maximum atomic E-state index is 11.9. The van der Waals surface area contributed by atoms with Gasteiger partial charge in [-0.25, -0.2) is 4.98 Å². The lowest BCUT2D eigenvalue weighted by Crippen LogP contribution is -2.22. The minimum absolute atomic E-state index is 0.0534.